The third kappa shape index (κ3) is 3.15. The summed E-state index contributed by atoms with van der Waals surface area (Å²) >= 11 is 4.61. The van der Waals surface area contributed by atoms with Gasteiger partial charge in [0.25, 0.3) is 0 Å². The maximum atomic E-state index is 4.23. The maximum absolute atomic E-state index is 4.23. The molecule has 16 heavy (non-hydrogen) atoms. The van der Waals surface area contributed by atoms with Crippen molar-refractivity contribution in [2.45, 2.75) is 5.03 Å². The third-order valence-electron chi connectivity index (χ3n) is 1.76. The van der Waals surface area contributed by atoms with Crippen LogP contribution in [0, 0.1) is 0 Å². The molecule has 0 atom stereocenters. The number of aromatic nitrogens is 2. The van der Waals surface area contributed by atoms with Gasteiger partial charge < -0.3 is 0 Å². The Morgan fingerprint density at radius 2 is 1.88 bits per heavy atom. The van der Waals surface area contributed by atoms with Crippen molar-refractivity contribution in [3.05, 3.63) is 52.9 Å². The normalized spacial score (nSPS) is 10.8. The second-order valence-electron chi connectivity index (χ2n) is 2.89. The Balaban J connectivity index is 2.03. The lowest BCUT2D eigenvalue weighted by atomic mass is 10.2. The molecule has 2 aromatic rings. The molecule has 0 saturated heterocycles. The van der Waals surface area contributed by atoms with Crippen LogP contribution in [0.5, 0.6) is 0 Å². The van der Waals surface area contributed by atoms with E-state index in [1.54, 1.807) is 18.6 Å². The molecular formula is C11H8BrN3S. The van der Waals surface area contributed by atoms with E-state index < -0.39 is 0 Å². The van der Waals surface area contributed by atoms with Crippen LogP contribution in [0.15, 0.2) is 56.8 Å². The number of hydrogen-bond acceptors (Lipinski definition) is 4. The van der Waals surface area contributed by atoms with E-state index in [1.807, 2.05) is 30.3 Å². The molecular weight excluding hydrogens is 286 g/mol. The molecule has 0 aliphatic rings. The zero-order valence-electron chi connectivity index (χ0n) is 8.25. The summed E-state index contributed by atoms with van der Waals surface area (Å²) in [5.41, 5.74) is 1.06. The fraction of sp³-hybridized carbons (Fsp3) is 0. The first kappa shape index (κ1) is 11.3. The van der Waals surface area contributed by atoms with Gasteiger partial charge in [-0.2, -0.15) is 0 Å². The van der Waals surface area contributed by atoms with E-state index in [0.717, 1.165) is 10.6 Å². The van der Waals surface area contributed by atoms with Gasteiger partial charge in [-0.25, -0.2) is 14.4 Å². The van der Waals surface area contributed by atoms with Crippen LogP contribution in [0.4, 0.5) is 0 Å². The molecule has 0 fully saturated rings. The number of nitrogens with zero attached hydrogens (tertiary/aromatic N) is 3. The average Bonchev–Trinajstić information content (AvgIpc) is 2.33. The molecule has 0 radical (unpaired) electrons. The van der Waals surface area contributed by atoms with Gasteiger partial charge in [-0.15, -0.1) is 0 Å². The van der Waals surface area contributed by atoms with Crippen molar-refractivity contribution >= 4 is 34.1 Å². The summed E-state index contributed by atoms with van der Waals surface area (Å²) in [4.78, 5) is 8.21. The largest absolute Gasteiger partial charge is 0.245 e. The number of rotatable bonds is 3. The Morgan fingerprint density at radius 1 is 1.12 bits per heavy atom. The lowest BCUT2D eigenvalue weighted by Gasteiger charge is -1.95. The smallest absolute Gasteiger partial charge is 0.151 e. The van der Waals surface area contributed by atoms with Crippen molar-refractivity contribution in [3.8, 4) is 0 Å². The van der Waals surface area contributed by atoms with Crippen LogP contribution < -0.4 is 0 Å². The minimum Gasteiger partial charge on any atom is -0.245 e. The van der Waals surface area contributed by atoms with Crippen LogP contribution in [0.3, 0.4) is 0 Å². The zero-order chi connectivity index (χ0) is 11.2. The highest BCUT2D eigenvalue weighted by molar-refractivity contribution is 9.10. The van der Waals surface area contributed by atoms with E-state index in [1.165, 1.54) is 11.9 Å². The molecule has 5 heteroatoms. The van der Waals surface area contributed by atoms with Crippen LogP contribution in [-0.2, 0) is 0 Å². The molecule has 0 saturated carbocycles. The third-order valence-corrected chi connectivity index (χ3v) is 3.29. The molecule has 0 aliphatic heterocycles. The lowest BCUT2D eigenvalue weighted by molar-refractivity contribution is 1.02. The number of halogens is 1. The molecule has 0 bridgehead atoms. The molecule has 2 rings (SSSR count). The second-order valence-corrected chi connectivity index (χ2v) is 4.42. The molecule has 1 aromatic heterocycles. The Hall–Kier alpha value is -1.20. The van der Waals surface area contributed by atoms with Gasteiger partial charge in [-0.1, -0.05) is 30.3 Å². The standard InChI is InChI=1S/C11H8BrN3S/c12-10-11(14-7-6-13-10)16-15-8-9-4-2-1-3-5-9/h1-8H. The van der Waals surface area contributed by atoms with Crippen molar-refractivity contribution in [2.75, 3.05) is 0 Å². The van der Waals surface area contributed by atoms with E-state index in [9.17, 15) is 0 Å². The maximum Gasteiger partial charge on any atom is 0.151 e. The quantitative estimate of drug-likeness (QED) is 0.643. The predicted molar refractivity (Wildman–Crippen MR) is 69.6 cm³/mol. The minimum absolute atomic E-state index is 0.713. The highest BCUT2D eigenvalue weighted by atomic mass is 79.9. The van der Waals surface area contributed by atoms with Crippen molar-refractivity contribution in [3.63, 3.8) is 0 Å². The molecule has 0 aliphatic carbocycles. The molecule has 1 heterocycles. The van der Waals surface area contributed by atoms with Gasteiger partial charge >= 0.3 is 0 Å². The summed E-state index contributed by atoms with van der Waals surface area (Å²) < 4.78 is 4.95. The van der Waals surface area contributed by atoms with E-state index >= 15 is 0 Å². The fourth-order valence-corrected chi connectivity index (χ4v) is 1.99. The Kier molecular flexibility index (Phi) is 4.07. The van der Waals surface area contributed by atoms with Gasteiger partial charge in [0.1, 0.15) is 4.60 Å². The summed E-state index contributed by atoms with van der Waals surface area (Å²) in [6.07, 6.45) is 5.08. The van der Waals surface area contributed by atoms with Crippen LogP contribution in [0.1, 0.15) is 5.56 Å². The van der Waals surface area contributed by atoms with Crippen LogP contribution in [0.2, 0.25) is 0 Å². The first-order valence-corrected chi connectivity index (χ1v) is 6.15. The van der Waals surface area contributed by atoms with Crippen LogP contribution in [-0.4, -0.2) is 16.2 Å². The van der Waals surface area contributed by atoms with Crippen molar-refractivity contribution in [2.24, 2.45) is 4.40 Å². The zero-order valence-corrected chi connectivity index (χ0v) is 10.6. The predicted octanol–water partition coefficient (Wildman–Crippen LogP) is 3.37. The van der Waals surface area contributed by atoms with Crippen LogP contribution in [0.25, 0.3) is 0 Å². The summed E-state index contributed by atoms with van der Waals surface area (Å²) in [5, 5.41) is 0.759. The molecule has 80 valence electrons. The lowest BCUT2D eigenvalue weighted by Crippen LogP contribution is -1.83. The van der Waals surface area contributed by atoms with Gasteiger partial charge in [0.05, 0.1) is 0 Å². The molecule has 1 aromatic carbocycles. The van der Waals surface area contributed by atoms with Crippen molar-refractivity contribution in [1.29, 1.82) is 0 Å². The molecule has 0 spiro atoms. The summed E-state index contributed by atoms with van der Waals surface area (Å²) in [6, 6.07) is 9.92. The van der Waals surface area contributed by atoms with Gasteiger partial charge in [0, 0.05) is 30.6 Å². The highest BCUT2D eigenvalue weighted by Gasteiger charge is 2.00. The van der Waals surface area contributed by atoms with Crippen molar-refractivity contribution in [1.82, 2.24) is 9.97 Å². The fourth-order valence-electron chi connectivity index (χ4n) is 1.05. The van der Waals surface area contributed by atoms with Crippen LogP contribution >= 0.6 is 27.9 Å². The van der Waals surface area contributed by atoms with Gasteiger partial charge in [0.15, 0.2) is 5.03 Å². The molecule has 3 nitrogen and oxygen atoms in total. The van der Waals surface area contributed by atoms with Gasteiger partial charge in [-0.05, 0) is 21.5 Å². The Labute approximate surface area is 106 Å². The summed E-state index contributed by atoms with van der Waals surface area (Å²) in [5.74, 6) is 0. The molecule has 0 amide bonds. The SMILES string of the molecule is Brc1nccnc1SN=Cc1ccccc1. The van der Waals surface area contributed by atoms with Crippen molar-refractivity contribution < 1.29 is 0 Å². The Morgan fingerprint density at radius 3 is 2.62 bits per heavy atom. The van der Waals surface area contributed by atoms with E-state index in [0.29, 0.717) is 4.60 Å². The van der Waals surface area contributed by atoms with E-state index in [4.69, 9.17) is 0 Å². The number of benzene rings is 1. The number of hydrogen-bond donors (Lipinski definition) is 0. The first-order chi connectivity index (χ1) is 7.86. The van der Waals surface area contributed by atoms with E-state index in [-0.39, 0.29) is 0 Å². The second kappa shape index (κ2) is 5.77. The topological polar surface area (TPSA) is 38.1 Å². The molecule has 0 N–H and O–H groups in total. The average molecular weight is 294 g/mol. The summed E-state index contributed by atoms with van der Waals surface area (Å²) in [7, 11) is 0. The highest BCUT2D eigenvalue weighted by Crippen LogP contribution is 2.23. The first-order valence-electron chi connectivity index (χ1n) is 4.58. The monoisotopic (exact) mass is 293 g/mol. The minimum atomic E-state index is 0.713. The molecule has 0 unspecified atom stereocenters. The Bertz CT molecular complexity index is 488. The summed E-state index contributed by atoms with van der Waals surface area (Å²) in [6.45, 7) is 0. The van der Waals surface area contributed by atoms with Gasteiger partial charge in [-0.3, -0.25) is 0 Å². The van der Waals surface area contributed by atoms with E-state index in [2.05, 4.69) is 30.3 Å². The van der Waals surface area contributed by atoms with Gasteiger partial charge in [0.2, 0.25) is 0 Å².